The molecule has 22 heavy (non-hydrogen) atoms. The summed E-state index contributed by atoms with van der Waals surface area (Å²) >= 11 is 0. The predicted octanol–water partition coefficient (Wildman–Crippen LogP) is 2.83. The molecule has 1 spiro atoms. The number of carbonyl (C=O) groups excluding carboxylic acids is 1. The first-order valence-electron chi connectivity index (χ1n) is 7.74. The molecule has 3 rings (SSSR count). The Hall–Kier alpha value is -1.20. The highest BCUT2D eigenvalue weighted by molar-refractivity contribution is 7.93. The Morgan fingerprint density at radius 2 is 1.64 bits per heavy atom. The van der Waals surface area contributed by atoms with E-state index in [4.69, 9.17) is 4.74 Å². The highest BCUT2D eigenvalue weighted by Crippen LogP contribution is 2.49. The first kappa shape index (κ1) is 15.7. The normalized spacial score (nSPS) is 26.7. The molecule has 2 aliphatic rings. The minimum Gasteiger partial charge on any atom is -0.359 e. The summed E-state index contributed by atoms with van der Waals surface area (Å²) < 4.78 is 32.2. The minimum atomic E-state index is -3.74. The molecule has 4 nitrogen and oxygen atoms in total. The molecular weight excluding hydrogens is 300 g/mol. The lowest BCUT2D eigenvalue weighted by atomic mass is 9.94. The zero-order chi connectivity index (χ0) is 16.2. The molecule has 0 radical (unpaired) electrons. The summed E-state index contributed by atoms with van der Waals surface area (Å²) in [5, 5.41) is -1.08. The standard InChI is InChI=1S/C17H22O4S/c1-12-6-8-13(9-7-12)22(19,20)15-14(18)16(2,3)21-17(15)10-4-5-11-17/h6-9,15H,4-5,10-11H2,1-3H3/t15-/m1/s1. The molecule has 1 aliphatic heterocycles. The Kier molecular flexibility index (Phi) is 3.49. The van der Waals surface area contributed by atoms with Crippen LogP contribution in [0.15, 0.2) is 29.2 Å². The van der Waals surface area contributed by atoms with Gasteiger partial charge in [-0.3, -0.25) is 4.79 Å². The van der Waals surface area contributed by atoms with Crippen molar-refractivity contribution in [2.75, 3.05) is 0 Å². The number of ether oxygens (including phenoxy) is 1. The fourth-order valence-corrected chi connectivity index (χ4v) is 5.99. The lowest BCUT2D eigenvalue weighted by Crippen LogP contribution is -2.45. The molecular formula is C17H22O4S. The molecule has 1 aliphatic carbocycles. The van der Waals surface area contributed by atoms with E-state index in [9.17, 15) is 13.2 Å². The van der Waals surface area contributed by atoms with Gasteiger partial charge < -0.3 is 4.74 Å². The number of Topliss-reactive ketones (excluding diaryl/α,β-unsaturated/α-hetero) is 1. The van der Waals surface area contributed by atoms with Crippen LogP contribution in [0.3, 0.4) is 0 Å². The van der Waals surface area contributed by atoms with Gasteiger partial charge in [0.1, 0.15) is 5.60 Å². The van der Waals surface area contributed by atoms with Gasteiger partial charge in [0.15, 0.2) is 20.9 Å². The molecule has 5 heteroatoms. The molecule has 0 amide bonds. The first-order chi connectivity index (χ1) is 10.2. The van der Waals surface area contributed by atoms with Gasteiger partial charge in [-0.1, -0.05) is 30.5 Å². The first-order valence-corrected chi connectivity index (χ1v) is 9.29. The molecule has 1 saturated heterocycles. The van der Waals surface area contributed by atoms with E-state index < -0.39 is 26.3 Å². The van der Waals surface area contributed by atoms with Crippen LogP contribution >= 0.6 is 0 Å². The van der Waals surface area contributed by atoms with E-state index in [1.54, 1.807) is 38.1 Å². The molecule has 2 fully saturated rings. The van der Waals surface area contributed by atoms with Crippen molar-refractivity contribution in [3.63, 3.8) is 0 Å². The van der Waals surface area contributed by atoms with Crippen molar-refractivity contribution in [2.24, 2.45) is 0 Å². The van der Waals surface area contributed by atoms with Crippen LogP contribution in [0.25, 0.3) is 0 Å². The van der Waals surface area contributed by atoms with E-state index in [1.165, 1.54) is 0 Å². The van der Waals surface area contributed by atoms with Gasteiger partial charge in [-0.15, -0.1) is 0 Å². The van der Waals surface area contributed by atoms with Gasteiger partial charge in [0.25, 0.3) is 0 Å². The molecule has 1 saturated carbocycles. The van der Waals surface area contributed by atoms with Crippen molar-refractivity contribution in [1.82, 2.24) is 0 Å². The molecule has 0 aromatic heterocycles. The van der Waals surface area contributed by atoms with Crippen molar-refractivity contribution in [3.8, 4) is 0 Å². The zero-order valence-electron chi connectivity index (χ0n) is 13.3. The van der Waals surface area contributed by atoms with Crippen LogP contribution in [0.1, 0.15) is 45.1 Å². The molecule has 1 heterocycles. The summed E-state index contributed by atoms with van der Waals surface area (Å²) in [6.07, 6.45) is 3.09. The van der Waals surface area contributed by atoms with Crippen molar-refractivity contribution < 1.29 is 17.9 Å². The Labute approximate surface area is 131 Å². The van der Waals surface area contributed by atoms with Crippen molar-refractivity contribution in [3.05, 3.63) is 29.8 Å². The number of sulfone groups is 1. The van der Waals surface area contributed by atoms with Gasteiger partial charge in [-0.2, -0.15) is 0 Å². The quantitative estimate of drug-likeness (QED) is 0.840. The van der Waals surface area contributed by atoms with Gasteiger partial charge >= 0.3 is 0 Å². The third kappa shape index (κ3) is 2.22. The third-order valence-electron chi connectivity index (χ3n) is 4.88. The summed E-state index contributed by atoms with van der Waals surface area (Å²) in [6, 6.07) is 6.71. The van der Waals surface area contributed by atoms with Gasteiger partial charge in [-0.05, 0) is 45.7 Å². The molecule has 0 unspecified atom stereocenters. The second-order valence-electron chi connectivity index (χ2n) is 6.99. The number of hydrogen-bond donors (Lipinski definition) is 0. The van der Waals surface area contributed by atoms with Crippen LogP contribution in [0.5, 0.6) is 0 Å². The molecule has 1 atom stereocenters. The van der Waals surface area contributed by atoms with E-state index in [2.05, 4.69) is 0 Å². The lowest BCUT2D eigenvalue weighted by Gasteiger charge is -2.29. The molecule has 120 valence electrons. The van der Waals surface area contributed by atoms with Gasteiger partial charge in [0, 0.05) is 0 Å². The third-order valence-corrected chi connectivity index (χ3v) is 7.07. The molecule has 1 aromatic carbocycles. The fraction of sp³-hybridized carbons (Fsp3) is 0.588. The van der Waals surface area contributed by atoms with E-state index in [-0.39, 0.29) is 10.7 Å². The minimum absolute atomic E-state index is 0.212. The number of aryl methyl sites for hydroxylation is 1. The van der Waals surface area contributed by atoms with E-state index in [1.807, 2.05) is 6.92 Å². The zero-order valence-corrected chi connectivity index (χ0v) is 14.1. The van der Waals surface area contributed by atoms with E-state index in [0.29, 0.717) is 12.8 Å². The lowest BCUT2D eigenvalue weighted by molar-refractivity contribution is -0.133. The Balaban J connectivity index is 2.11. The maximum absolute atomic E-state index is 13.1. The molecule has 0 N–H and O–H groups in total. The second kappa shape index (κ2) is 4.90. The molecule has 0 bridgehead atoms. The Morgan fingerprint density at radius 3 is 2.18 bits per heavy atom. The molecule has 1 aromatic rings. The van der Waals surface area contributed by atoms with E-state index in [0.717, 1.165) is 18.4 Å². The number of hydrogen-bond acceptors (Lipinski definition) is 4. The average molecular weight is 322 g/mol. The summed E-state index contributed by atoms with van der Waals surface area (Å²) in [5.41, 5.74) is -0.888. The van der Waals surface area contributed by atoms with Crippen molar-refractivity contribution in [2.45, 2.75) is 67.8 Å². The predicted molar refractivity (Wildman–Crippen MR) is 83.5 cm³/mol. The highest BCUT2D eigenvalue weighted by Gasteiger charge is 2.64. The Bertz CT molecular complexity index is 695. The summed E-state index contributed by atoms with van der Waals surface area (Å²) in [4.78, 5) is 13.0. The smallest absolute Gasteiger partial charge is 0.191 e. The largest absolute Gasteiger partial charge is 0.359 e. The van der Waals surface area contributed by atoms with Crippen LogP contribution in [-0.4, -0.2) is 30.7 Å². The number of rotatable bonds is 2. The number of ketones is 1. The number of benzene rings is 1. The summed E-state index contributed by atoms with van der Waals surface area (Å²) in [6.45, 7) is 5.27. The summed E-state index contributed by atoms with van der Waals surface area (Å²) in [7, 11) is -3.74. The van der Waals surface area contributed by atoms with Crippen LogP contribution < -0.4 is 0 Å². The van der Waals surface area contributed by atoms with E-state index >= 15 is 0 Å². The van der Waals surface area contributed by atoms with Crippen molar-refractivity contribution in [1.29, 1.82) is 0 Å². The van der Waals surface area contributed by atoms with Crippen LogP contribution in [-0.2, 0) is 19.4 Å². The maximum Gasteiger partial charge on any atom is 0.191 e. The number of carbonyl (C=O) groups is 1. The topological polar surface area (TPSA) is 60.4 Å². The second-order valence-corrected chi connectivity index (χ2v) is 9.02. The van der Waals surface area contributed by atoms with Crippen molar-refractivity contribution >= 4 is 15.6 Å². The van der Waals surface area contributed by atoms with Crippen LogP contribution in [0, 0.1) is 6.92 Å². The van der Waals surface area contributed by atoms with Gasteiger partial charge in [0.2, 0.25) is 0 Å². The van der Waals surface area contributed by atoms with Crippen LogP contribution in [0.2, 0.25) is 0 Å². The monoisotopic (exact) mass is 322 g/mol. The highest BCUT2D eigenvalue weighted by atomic mass is 32.2. The van der Waals surface area contributed by atoms with Gasteiger partial charge in [0.05, 0.1) is 10.5 Å². The fourth-order valence-electron chi connectivity index (χ4n) is 3.79. The van der Waals surface area contributed by atoms with Gasteiger partial charge in [-0.25, -0.2) is 8.42 Å². The summed E-state index contributed by atoms with van der Waals surface area (Å²) in [5.74, 6) is -0.310. The van der Waals surface area contributed by atoms with Crippen LogP contribution in [0.4, 0.5) is 0 Å². The maximum atomic E-state index is 13.1. The average Bonchev–Trinajstić information content (AvgIpc) is 2.94. The Morgan fingerprint density at radius 1 is 1.09 bits per heavy atom. The SMILES string of the molecule is Cc1ccc(S(=O)(=O)[C@@H]2C(=O)C(C)(C)OC23CCCC3)cc1.